The molecule has 0 fully saturated rings. The van der Waals surface area contributed by atoms with E-state index in [-0.39, 0.29) is 5.75 Å². The van der Waals surface area contributed by atoms with E-state index in [9.17, 15) is 8.42 Å². The van der Waals surface area contributed by atoms with Gasteiger partial charge in [-0.15, -0.1) is 0 Å². The summed E-state index contributed by atoms with van der Waals surface area (Å²) in [6.45, 7) is 4.87. The molecule has 0 amide bonds. The third-order valence-electron chi connectivity index (χ3n) is 2.08. The molecule has 6 heteroatoms. The monoisotopic (exact) mass is 251 g/mol. The van der Waals surface area contributed by atoms with Crippen molar-refractivity contribution in [1.29, 1.82) is 0 Å². The summed E-state index contributed by atoms with van der Waals surface area (Å²) in [5.74, 6) is 0.162. The van der Waals surface area contributed by atoms with Crippen molar-refractivity contribution in [1.82, 2.24) is 14.9 Å². The SMILES string of the molecule is CCCNCCS(=O)(=O)NCCCN(C)C. The van der Waals surface area contributed by atoms with E-state index in [1.165, 1.54) is 0 Å². The van der Waals surface area contributed by atoms with Crippen LogP contribution < -0.4 is 10.0 Å². The van der Waals surface area contributed by atoms with Gasteiger partial charge in [0.1, 0.15) is 0 Å². The first-order chi connectivity index (χ1) is 7.48. The molecule has 0 radical (unpaired) electrons. The second kappa shape index (κ2) is 8.92. The number of sulfonamides is 1. The summed E-state index contributed by atoms with van der Waals surface area (Å²) in [6, 6.07) is 0. The van der Waals surface area contributed by atoms with Crippen molar-refractivity contribution < 1.29 is 8.42 Å². The van der Waals surface area contributed by atoms with Gasteiger partial charge in [0.15, 0.2) is 0 Å². The van der Waals surface area contributed by atoms with E-state index in [4.69, 9.17) is 0 Å². The predicted octanol–water partition coefficient (Wildman–Crippen LogP) is -0.143. The zero-order valence-electron chi connectivity index (χ0n) is 10.6. The van der Waals surface area contributed by atoms with Crippen LogP contribution in [0.25, 0.3) is 0 Å². The molecule has 98 valence electrons. The fourth-order valence-corrected chi connectivity index (χ4v) is 2.22. The number of nitrogens with one attached hydrogen (secondary N) is 2. The van der Waals surface area contributed by atoms with Gasteiger partial charge in [0.05, 0.1) is 5.75 Å². The van der Waals surface area contributed by atoms with Crippen molar-refractivity contribution in [2.24, 2.45) is 0 Å². The molecule has 0 saturated carbocycles. The Morgan fingerprint density at radius 3 is 2.38 bits per heavy atom. The lowest BCUT2D eigenvalue weighted by Crippen LogP contribution is -2.33. The van der Waals surface area contributed by atoms with E-state index in [1.807, 2.05) is 19.0 Å². The number of rotatable bonds is 10. The van der Waals surface area contributed by atoms with Crippen molar-refractivity contribution in [3.63, 3.8) is 0 Å². The topological polar surface area (TPSA) is 61.4 Å². The quantitative estimate of drug-likeness (QED) is 0.531. The molecule has 0 atom stereocenters. The molecule has 0 aliphatic carbocycles. The maximum atomic E-state index is 11.5. The summed E-state index contributed by atoms with van der Waals surface area (Å²) in [7, 11) is 0.860. The number of hydrogen-bond donors (Lipinski definition) is 2. The molecule has 5 nitrogen and oxygen atoms in total. The van der Waals surface area contributed by atoms with Crippen LogP contribution in [0.2, 0.25) is 0 Å². The van der Waals surface area contributed by atoms with Crippen LogP contribution in [-0.2, 0) is 10.0 Å². The Morgan fingerprint density at radius 2 is 1.81 bits per heavy atom. The summed E-state index contributed by atoms with van der Waals surface area (Å²) in [4.78, 5) is 2.04. The summed E-state index contributed by atoms with van der Waals surface area (Å²) in [5.41, 5.74) is 0. The van der Waals surface area contributed by atoms with Gasteiger partial charge in [-0.2, -0.15) is 0 Å². The van der Waals surface area contributed by atoms with Crippen LogP contribution in [0, 0.1) is 0 Å². The third-order valence-corrected chi connectivity index (χ3v) is 3.46. The molecule has 0 spiro atoms. The number of hydrogen-bond acceptors (Lipinski definition) is 4. The molecular formula is C10H25N3O2S. The Morgan fingerprint density at radius 1 is 1.12 bits per heavy atom. The van der Waals surface area contributed by atoms with Crippen molar-refractivity contribution in [3.05, 3.63) is 0 Å². The van der Waals surface area contributed by atoms with Crippen molar-refractivity contribution in [2.75, 3.05) is 46.0 Å². The summed E-state index contributed by atoms with van der Waals surface area (Å²) in [5, 5.41) is 3.07. The van der Waals surface area contributed by atoms with Gasteiger partial charge in [-0.3, -0.25) is 0 Å². The average molecular weight is 251 g/mol. The van der Waals surface area contributed by atoms with Crippen LogP contribution in [0.1, 0.15) is 19.8 Å². The minimum atomic E-state index is -3.09. The van der Waals surface area contributed by atoms with Crippen molar-refractivity contribution in [3.8, 4) is 0 Å². The highest BCUT2D eigenvalue weighted by Gasteiger charge is 2.08. The molecule has 0 saturated heterocycles. The zero-order chi connectivity index (χ0) is 12.4. The summed E-state index contributed by atoms with van der Waals surface area (Å²) < 4.78 is 25.5. The average Bonchev–Trinajstić information content (AvgIpc) is 2.19. The lowest BCUT2D eigenvalue weighted by Gasteiger charge is -2.10. The molecule has 0 unspecified atom stereocenters. The fourth-order valence-electron chi connectivity index (χ4n) is 1.20. The highest BCUT2D eigenvalue weighted by Crippen LogP contribution is 1.86. The molecular weight excluding hydrogens is 226 g/mol. The smallest absolute Gasteiger partial charge is 0.212 e. The molecule has 0 bridgehead atoms. The van der Waals surface area contributed by atoms with Crippen LogP contribution in [0.3, 0.4) is 0 Å². The highest BCUT2D eigenvalue weighted by atomic mass is 32.2. The maximum absolute atomic E-state index is 11.5. The first-order valence-electron chi connectivity index (χ1n) is 5.80. The molecule has 0 aliphatic rings. The van der Waals surface area contributed by atoms with Gasteiger partial charge in [-0.05, 0) is 40.0 Å². The van der Waals surface area contributed by atoms with Crippen LogP contribution in [-0.4, -0.2) is 59.3 Å². The number of nitrogens with zero attached hydrogens (tertiary/aromatic N) is 1. The van der Waals surface area contributed by atoms with Crippen LogP contribution in [0.5, 0.6) is 0 Å². The fraction of sp³-hybridized carbons (Fsp3) is 1.00. The van der Waals surface area contributed by atoms with Gasteiger partial charge < -0.3 is 10.2 Å². The van der Waals surface area contributed by atoms with Gasteiger partial charge in [0, 0.05) is 13.1 Å². The Bertz CT molecular complexity index is 253. The Hall–Kier alpha value is -0.170. The zero-order valence-corrected chi connectivity index (χ0v) is 11.4. The van der Waals surface area contributed by atoms with Crippen LogP contribution in [0.4, 0.5) is 0 Å². The minimum Gasteiger partial charge on any atom is -0.316 e. The van der Waals surface area contributed by atoms with E-state index in [0.29, 0.717) is 13.1 Å². The Kier molecular flexibility index (Phi) is 8.83. The second-order valence-electron chi connectivity index (χ2n) is 4.12. The van der Waals surface area contributed by atoms with Gasteiger partial charge in [0.2, 0.25) is 10.0 Å². The molecule has 0 heterocycles. The molecule has 2 N–H and O–H groups in total. The second-order valence-corrected chi connectivity index (χ2v) is 6.05. The third kappa shape index (κ3) is 10.4. The first-order valence-corrected chi connectivity index (χ1v) is 7.46. The van der Waals surface area contributed by atoms with E-state index in [0.717, 1.165) is 25.9 Å². The van der Waals surface area contributed by atoms with Gasteiger partial charge in [-0.25, -0.2) is 13.1 Å². The van der Waals surface area contributed by atoms with Crippen molar-refractivity contribution >= 4 is 10.0 Å². The van der Waals surface area contributed by atoms with Gasteiger partial charge in [-0.1, -0.05) is 6.92 Å². The highest BCUT2D eigenvalue weighted by molar-refractivity contribution is 7.89. The predicted molar refractivity (Wildman–Crippen MR) is 68.1 cm³/mol. The van der Waals surface area contributed by atoms with Crippen molar-refractivity contribution in [2.45, 2.75) is 19.8 Å². The standard InChI is InChI=1S/C10H25N3O2S/c1-4-6-11-8-10-16(14,15)12-7-5-9-13(2)3/h11-12H,4-10H2,1-3H3. The van der Waals surface area contributed by atoms with Crippen LogP contribution >= 0.6 is 0 Å². The summed E-state index contributed by atoms with van der Waals surface area (Å²) >= 11 is 0. The van der Waals surface area contributed by atoms with E-state index in [1.54, 1.807) is 0 Å². The van der Waals surface area contributed by atoms with E-state index < -0.39 is 10.0 Å². The Labute approximate surface area is 99.6 Å². The molecule has 0 rings (SSSR count). The maximum Gasteiger partial charge on any atom is 0.212 e. The van der Waals surface area contributed by atoms with E-state index >= 15 is 0 Å². The first kappa shape index (κ1) is 15.8. The molecule has 0 aromatic heterocycles. The van der Waals surface area contributed by atoms with Gasteiger partial charge in [0.25, 0.3) is 0 Å². The molecule has 16 heavy (non-hydrogen) atoms. The normalized spacial score (nSPS) is 12.2. The minimum absolute atomic E-state index is 0.162. The van der Waals surface area contributed by atoms with E-state index in [2.05, 4.69) is 17.0 Å². The Balaban J connectivity index is 3.55. The lowest BCUT2D eigenvalue weighted by molar-refractivity contribution is 0.400. The molecule has 0 aliphatic heterocycles. The summed E-state index contributed by atoms with van der Waals surface area (Å²) in [6.07, 6.45) is 1.87. The molecule has 0 aromatic rings. The molecule has 0 aromatic carbocycles. The van der Waals surface area contributed by atoms with Crippen LogP contribution in [0.15, 0.2) is 0 Å². The lowest BCUT2D eigenvalue weighted by atomic mass is 10.4. The largest absolute Gasteiger partial charge is 0.316 e. The van der Waals surface area contributed by atoms with Gasteiger partial charge >= 0.3 is 0 Å².